The minimum atomic E-state index is -0.103. The lowest BCUT2D eigenvalue weighted by Crippen LogP contribution is -2.31. The Morgan fingerprint density at radius 2 is 2.28 bits per heavy atom. The van der Waals surface area contributed by atoms with Gasteiger partial charge in [0.15, 0.2) is 0 Å². The van der Waals surface area contributed by atoms with Crippen LogP contribution in [0.15, 0.2) is 18.2 Å². The van der Waals surface area contributed by atoms with E-state index in [9.17, 15) is 9.90 Å². The normalized spacial score (nSPS) is 23.8. The summed E-state index contributed by atoms with van der Waals surface area (Å²) in [7, 11) is 0. The molecule has 1 aliphatic heterocycles. The minimum Gasteiger partial charge on any atom is -0.508 e. The molecule has 1 N–H and O–H groups in total. The number of phenols is 1. The molecule has 0 unspecified atom stereocenters. The van der Waals surface area contributed by atoms with E-state index < -0.39 is 0 Å². The number of aromatic hydroxyl groups is 1. The summed E-state index contributed by atoms with van der Waals surface area (Å²) in [4.78, 5) is 11.4. The fourth-order valence-electron chi connectivity index (χ4n) is 2.41. The van der Waals surface area contributed by atoms with E-state index in [4.69, 9.17) is 4.74 Å². The Kier molecular flexibility index (Phi) is 4.17. The summed E-state index contributed by atoms with van der Waals surface area (Å²) in [6.45, 7) is 4.53. The van der Waals surface area contributed by atoms with Gasteiger partial charge in [-0.2, -0.15) is 11.8 Å². The Balaban J connectivity index is 2.26. The number of cyclic esters (lactones) is 1. The van der Waals surface area contributed by atoms with Crippen LogP contribution in [-0.4, -0.2) is 28.7 Å². The molecule has 0 bridgehead atoms. The van der Waals surface area contributed by atoms with E-state index >= 15 is 0 Å². The van der Waals surface area contributed by atoms with Crippen LogP contribution in [0.2, 0.25) is 0 Å². The molecule has 0 aromatic heterocycles. The van der Waals surface area contributed by atoms with Gasteiger partial charge in [0.25, 0.3) is 0 Å². The van der Waals surface area contributed by atoms with E-state index in [1.54, 1.807) is 12.1 Å². The van der Waals surface area contributed by atoms with Crippen LogP contribution in [0.4, 0.5) is 0 Å². The van der Waals surface area contributed by atoms with Crippen LogP contribution in [0.3, 0.4) is 0 Å². The molecule has 18 heavy (non-hydrogen) atoms. The van der Waals surface area contributed by atoms with Crippen molar-refractivity contribution in [3.63, 3.8) is 0 Å². The first-order valence-corrected chi connectivity index (χ1v) is 7.23. The van der Waals surface area contributed by atoms with Crippen molar-refractivity contribution in [1.29, 1.82) is 0 Å². The topological polar surface area (TPSA) is 46.5 Å². The molecule has 0 radical (unpaired) electrons. The maximum atomic E-state index is 11.4. The third-order valence-corrected chi connectivity index (χ3v) is 4.53. The predicted octanol–water partition coefficient (Wildman–Crippen LogP) is 2.85. The van der Waals surface area contributed by atoms with Gasteiger partial charge in [0.1, 0.15) is 5.75 Å². The quantitative estimate of drug-likeness (QED) is 0.855. The Morgan fingerprint density at radius 3 is 2.94 bits per heavy atom. The Morgan fingerprint density at radius 1 is 1.50 bits per heavy atom. The Labute approximate surface area is 112 Å². The van der Waals surface area contributed by atoms with Crippen molar-refractivity contribution >= 4 is 17.7 Å². The molecule has 0 spiro atoms. The van der Waals surface area contributed by atoms with Gasteiger partial charge in [0.2, 0.25) is 0 Å². The van der Waals surface area contributed by atoms with Crippen LogP contribution in [0.5, 0.6) is 5.75 Å². The number of hydrogen-bond acceptors (Lipinski definition) is 4. The molecule has 1 aromatic rings. The zero-order valence-corrected chi connectivity index (χ0v) is 11.5. The monoisotopic (exact) mass is 266 g/mol. The Bertz CT molecular complexity index is 445. The lowest BCUT2D eigenvalue weighted by Gasteiger charge is -2.31. The van der Waals surface area contributed by atoms with Gasteiger partial charge in [-0.25, -0.2) is 0 Å². The summed E-state index contributed by atoms with van der Waals surface area (Å²) in [6, 6.07) is 5.41. The molecule has 1 fully saturated rings. The number of carbonyl (C=O) groups excluding carboxylic acids is 1. The lowest BCUT2D eigenvalue weighted by atomic mass is 9.89. The van der Waals surface area contributed by atoms with E-state index in [1.165, 1.54) is 5.56 Å². The second-order valence-electron chi connectivity index (χ2n) is 4.53. The van der Waals surface area contributed by atoms with Crippen molar-refractivity contribution < 1.29 is 14.6 Å². The average Bonchev–Trinajstić information content (AvgIpc) is 2.31. The zero-order chi connectivity index (χ0) is 13.1. The molecule has 3 nitrogen and oxygen atoms in total. The molecule has 98 valence electrons. The molecule has 1 aliphatic rings. The van der Waals surface area contributed by atoms with E-state index in [0.717, 1.165) is 11.3 Å². The van der Waals surface area contributed by atoms with Crippen molar-refractivity contribution in [3.05, 3.63) is 29.3 Å². The van der Waals surface area contributed by atoms with Gasteiger partial charge >= 0.3 is 5.97 Å². The van der Waals surface area contributed by atoms with Crippen LogP contribution in [0.1, 0.15) is 30.4 Å². The first kappa shape index (κ1) is 13.3. The van der Waals surface area contributed by atoms with E-state index in [2.05, 4.69) is 6.92 Å². The number of carbonyl (C=O) groups is 1. The summed E-state index contributed by atoms with van der Waals surface area (Å²) in [5.74, 6) is 1.40. The summed E-state index contributed by atoms with van der Waals surface area (Å²) in [5, 5.41) is 9.73. The SMILES string of the molecule is CCS[C@@H]1CC(=O)OC[C@H]1c1ccc(O)cc1C. The van der Waals surface area contributed by atoms with Gasteiger partial charge in [-0.15, -0.1) is 0 Å². The standard InChI is InChI=1S/C14H18O3S/c1-3-18-13-7-14(16)17-8-12(13)11-5-4-10(15)6-9(11)2/h4-6,12-13,15H,3,7-8H2,1-2H3/t12-,13+/m0/s1. The van der Waals surface area contributed by atoms with Crippen LogP contribution >= 0.6 is 11.8 Å². The van der Waals surface area contributed by atoms with E-state index in [1.807, 2.05) is 24.8 Å². The summed E-state index contributed by atoms with van der Waals surface area (Å²) >= 11 is 1.81. The molecule has 0 amide bonds. The van der Waals surface area contributed by atoms with E-state index in [0.29, 0.717) is 13.0 Å². The van der Waals surface area contributed by atoms with Crippen molar-refractivity contribution in [1.82, 2.24) is 0 Å². The molecule has 4 heteroatoms. The summed E-state index contributed by atoms with van der Waals surface area (Å²) in [5.41, 5.74) is 2.23. The van der Waals surface area contributed by atoms with Crippen molar-refractivity contribution in [3.8, 4) is 5.75 Å². The fourth-order valence-corrected chi connectivity index (χ4v) is 3.55. The second kappa shape index (κ2) is 5.65. The number of thioether (sulfide) groups is 1. The first-order valence-electron chi connectivity index (χ1n) is 6.18. The zero-order valence-electron chi connectivity index (χ0n) is 10.7. The minimum absolute atomic E-state index is 0.103. The number of benzene rings is 1. The van der Waals surface area contributed by atoms with Crippen LogP contribution in [-0.2, 0) is 9.53 Å². The summed E-state index contributed by atoms with van der Waals surface area (Å²) in [6.07, 6.45) is 0.476. The van der Waals surface area contributed by atoms with Gasteiger partial charge < -0.3 is 9.84 Å². The molecule has 1 heterocycles. The lowest BCUT2D eigenvalue weighted by molar-refractivity contribution is -0.147. The van der Waals surface area contributed by atoms with Gasteiger partial charge in [-0.05, 0) is 35.9 Å². The molecule has 2 rings (SSSR count). The third kappa shape index (κ3) is 2.80. The first-order chi connectivity index (χ1) is 8.61. The summed E-state index contributed by atoms with van der Waals surface area (Å²) < 4.78 is 5.19. The average molecular weight is 266 g/mol. The van der Waals surface area contributed by atoms with Crippen LogP contribution in [0, 0.1) is 6.92 Å². The number of hydrogen-bond donors (Lipinski definition) is 1. The molecule has 0 aliphatic carbocycles. The van der Waals surface area contributed by atoms with Gasteiger partial charge in [0, 0.05) is 11.2 Å². The largest absolute Gasteiger partial charge is 0.508 e. The van der Waals surface area contributed by atoms with Crippen molar-refractivity contribution in [2.45, 2.75) is 31.4 Å². The number of phenolic OH excluding ortho intramolecular Hbond substituents is 1. The highest BCUT2D eigenvalue weighted by Gasteiger charge is 2.32. The highest BCUT2D eigenvalue weighted by molar-refractivity contribution is 7.99. The van der Waals surface area contributed by atoms with Crippen LogP contribution in [0.25, 0.3) is 0 Å². The predicted molar refractivity (Wildman–Crippen MR) is 73.1 cm³/mol. The maximum absolute atomic E-state index is 11.4. The number of esters is 1. The highest BCUT2D eigenvalue weighted by atomic mass is 32.2. The molecule has 1 saturated heterocycles. The Hall–Kier alpha value is -1.16. The second-order valence-corrected chi connectivity index (χ2v) is 6.04. The number of rotatable bonds is 3. The molecule has 2 atom stereocenters. The van der Waals surface area contributed by atoms with Crippen molar-refractivity contribution in [2.75, 3.05) is 12.4 Å². The van der Waals surface area contributed by atoms with Gasteiger partial charge in [-0.3, -0.25) is 4.79 Å². The molecule has 1 aromatic carbocycles. The van der Waals surface area contributed by atoms with Crippen LogP contribution < -0.4 is 0 Å². The third-order valence-electron chi connectivity index (χ3n) is 3.27. The van der Waals surface area contributed by atoms with Gasteiger partial charge in [-0.1, -0.05) is 13.0 Å². The fraction of sp³-hybridized carbons (Fsp3) is 0.500. The highest BCUT2D eigenvalue weighted by Crippen LogP contribution is 2.36. The molecular formula is C14H18O3S. The smallest absolute Gasteiger partial charge is 0.306 e. The van der Waals surface area contributed by atoms with Gasteiger partial charge in [0.05, 0.1) is 13.0 Å². The van der Waals surface area contributed by atoms with Crippen molar-refractivity contribution in [2.24, 2.45) is 0 Å². The number of ether oxygens (including phenoxy) is 1. The number of aryl methyl sites for hydroxylation is 1. The molecular weight excluding hydrogens is 248 g/mol. The van der Waals surface area contributed by atoms with E-state index in [-0.39, 0.29) is 22.9 Å². The maximum Gasteiger partial charge on any atom is 0.306 e. The molecule has 0 saturated carbocycles.